The van der Waals surface area contributed by atoms with Crippen LogP contribution in [0.25, 0.3) is 16.8 Å². The van der Waals surface area contributed by atoms with Gasteiger partial charge < -0.3 is 13.7 Å². The summed E-state index contributed by atoms with van der Waals surface area (Å²) in [6.07, 6.45) is 5.53. The average Bonchev–Trinajstić information content (AvgIpc) is 2.98. The quantitative estimate of drug-likeness (QED) is 0.347. The molecule has 2 aromatic heterocycles. The first-order valence-corrected chi connectivity index (χ1v) is 11.5. The monoisotopic (exact) mass is 533 g/mol. The van der Waals surface area contributed by atoms with Gasteiger partial charge in [-0.25, -0.2) is 9.50 Å². The molecule has 130 valence electrons. The van der Waals surface area contributed by atoms with E-state index in [2.05, 4.69) is 47.2 Å². The first kappa shape index (κ1) is 17.5. The molecule has 0 unspecified atom stereocenters. The fourth-order valence-electron chi connectivity index (χ4n) is 2.59. The Hall–Kier alpha value is -0.880. The predicted octanol–water partition coefficient (Wildman–Crippen LogP) is 4.32. The standard InChI is InChI=1S/C16H13BrIN3O3S/c17-14-6-20-21-7-12(5-19-15(14)21)11-1-3-13(4-2-11)24-16(8-22-9-16)10-23-25-18/h1-7H,8-10H2. The third-order valence-corrected chi connectivity index (χ3v) is 5.46. The van der Waals surface area contributed by atoms with Crippen molar-refractivity contribution in [1.29, 1.82) is 0 Å². The van der Waals surface area contributed by atoms with E-state index in [0.29, 0.717) is 19.8 Å². The molecule has 1 aliphatic rings. The van der Waals surface area contributed by atoms with Crippen LogP contribution in [0, 0.1) is 0 Å². The van der Waals surface area contributed by atoms with Crippen molar-refractivity contribution in [3.8, 4) is 16.9 Å². The number of hydrogen-bond donors (Lipinski definition) is 0. The van der Waals surface area contributed by atoms with Crippen LogP contribution in [0.1, 0.15) is 0 Å². The third kappa shape index (κ3) is 3.65. The number of rotatable bonds is 6. The van der Waals surface area contributed by atoms with Gasteiger partial charge in [0.25, 0.3) is 0 Å². The summed E-state index contributed by atoms with van der Waals surface area (Å²) in [5.41, 5.74) is 2.44. The number of aromatic nitrogens is 3. The zero-order chi connectivity index (χ0) is 17.3. The number of halogens is 2. The zero-order valence-electron chi connectivity index (χ0n) is 12.9. The lowest BCUT2D eigenvalue weighted by Crippen LogP contribution is -2.57. The Balaban J connectivity index is 1.52. The number of benzene rings is 1. The van der Waals surface area contributed by atoms with Crippen LogP contribution >= 0.6 is 46.3 Å². The molecule has 9 heteroatoms. The molecule has 25 heavy (non-hydrogen) atoms. The minimum absolute atomic E-state index is 0.387. The van der Waals surface area contributed by atoms with Gasteiger partial charge in [0, 0.05) is 39.2 Å². The summed E-state index contributed by atoms with van der Waals surface area (Å²) in [6, 6.07) is 7.93. The summed E-state index contributed by atoms with van der Waals surface area (Å²) < 4.78 is 19.5. The van der Waals surface area contributed by atoms with Crippen molar-refractivity contribution in [3.05, 3.63) is 47.3 Å². The highest BCUT2D eigenvalue weighted by Gasteiger charge is 2.42. The lowest BCUT2D eigenvalue weighted by molar-refractivity contribution is -0.174. The molecule has 1 aliphatic heterocycles. The number of fused-ring (bicyclic) bond motifs is 1. The van der Waals surface area contributed by atoms with Crippen LogP contribution in [-0.2, 0) is 8.92 Å². The fourth-order valence-corrected chi connectivity index (χ4v) is 3.61. The van der Waals surface area contributed by atoms with Crippen molar-refractivity contribution in [3.63, 3.8) is 0 Å². The van der Waals surface area contributed by atoms with E-state index in [4.69, 9.17) is 13.7 Å². The van der Waals surface area contributed by atoms with Gasteiger partial charge in [-0.2, -0.15) is 5.10 Å². The molecule has 0 bridgehead atoms. The van der Waals surface area contributed by atoms with Crippen molar-refractivity contribution >= 4 is 52.0 Å². The van der Waals surface area contributed by atoms with Gasteiger partial charge in [-0.05, 0) is 33.6 Å². The van der Waals surface area contributed by atoms with Crippen LogP contribution in [0.4, 0.5) is 0 Å². The fraction of sp³-hybridized carbons (Fsp3) is 0.250. The van der Waals surface area contributed by atoms with Gasteiger partial charge >= 0.3 is 0 Å². The van der Waals surface area contributed by atoms with E-state index < -0.39 is 0 Å². The molecule has 1 fully saturated rings. The zero-order valence-corrected chi connectivity index (χ0v) is 17.5. The van der Waals surface area contributed by atoms with Crippen molar-refractivity contribution in [1.82, 2.24) is 14.6 Å². The van der Waals surface area contributed by atoms with Crippen LogP contribution in [0.3, 0.4) is 0 Å². The molecule has 3 aromatic rings. The highest BCUT2D eigenvalue weighted by Crippen LogP contribution is 2.30. The average molecular weight is 534 g/mol. The Morgan fingerprint density at radius 3 is 2.72 bits per heavy atom. The Morgan fingerprint density at radius 1 is 1.24 bits per heavy atom. The summed E-state index contributed by atoms with van der Waals surface area (Å²) in [5.74, 6) is 0.796. The van der Waals surface area contributed by atoms with Crippen molar-refractivity contribution < 1.29 is 13.7 Å². The lowest BCUT2D eigenvalue weighted by atomic mass is 10.0. The van der Waals surface area contributed by atoms with Gasteiger partial charge in [0.15, 0.2) is 11.2 Å². The highest BCUT2D eigenvalue weighted by molar-refractivity contribution is 14.2. The Bertz CT molecular complexity index is 886. The maximum atomic E-state index is 6.10. The van der Waals surface area contributed by atoms with Crippen LogP contribution in [-0.4, -0.2) is 40.0 Å². The first-order valence-electron chi connectivity index (χ1n) is 7.45. The minimum atomic E-state index is -0.387. The third-order valence-electron chi connectivity index (χ3n) is 3.93. The number of ether oxygens (including phenoxy) is 2. The summed E-state index contributed by atoms with van der Waals surface area (Å²) in [6.45, 7) is 1.58. The van der Waals surface area contributed by atoms with Gasteiger partial charge in [0.05, 0.1) is 33.1 Å². The van der Waals surface area contributed by atoms with E-state index in [1.54, 1.807) is 10.7 Å². The second-order valence-electron chi connectivity index (χ2n) is 5.73. The van der Waals surface area contributed by atoms with Crippen molar-refractivity contribution in [2.45, 2.75) is 5.60 Å². The normalized spacial score (nSPS) is 15.9. The maximum absolute atomic E-state index is 6.10. The molecule has 0 atom stereocenters. The van der Waals surface area contributed by atoms with E-state index in [0.717, 1.165) is 27.0 Å². The Labute approximate surface area is 169 Å². The SMILES string of the molecule is Brc1cnn2cc(-c3ccc(OC4(COSI)COC4)cc3)cnc12. The first-order chi connectivity index (χ1) is 12.2. The van der Waals surface area contributed by atoms with Crippen LogP contribution in [0.5, 0.6) is 5.75 Å². The molecular formula is C16H13BrIN3O3S. The molecule has 0 aliphatic carbocycles. The van der Waals surface area contributed by atoms with Crippen molar-refractivity contribution in [2.24, 2.45) is 0 Å². The van der Waals surface area contributed by atoms with Gasteiger partial charge in [0.2, 0.25) is 0 Å². The molecule has 0 N–H and O–H groups in total. The van der Waals surface area contributed by atoms with Gasteiger partial charge in [-0.3, -0.25) is 0 Å². The van der Waals surface area contributed by atoms with Crippen LogP contribution < -0.4 is 4.74 Å². The molecule has 0 spiro atoms. The Morgan fingerprint density at radius 2 is 2.04 bits per heavy atom. The van der Waals surface area contributed by atoms with Gasteiger partial charge in [0.1, 0.15) is 12.4 Å². The van der Waals surface area contributed by atoms with Crippen LogP contribution in [0.15, 0.2) is 47.3 Å². The largest absolute Gasteiger partial charge is 0.480 e. The molecule has 4 rings (SSSR count). The molecule has 3 heterocycles. The van der Waals surface area contributed by atoms with E-state index in [1.807, 2.05) is 36.7 Å². The number of hydrogen-bond acceptors (Lipinski definition) is 6. The molecule has 0 amide bonds. The van der Waals surface area contributed by atoms with Gasteiger partial charge in [-0.1, -0.05) is 12.1 Å². The summed E-state index contributed by atoms with van der Waals surface area (Å²) >= 11 is 5.53. The predicted molar refractivity (Wildman–Crippen MR) is 108 cm³/mol. The van der Waals surface area contributed by atoms with Crippen LogP contribution in [0.2, 0.25) is 0 Å². The molecule has 0 radical (unpaired) electrons. The topological polar surface area (TPSA) is 57.9 Å². The molecule has 1 saturated heterocycles. The van der Waals surface area contributed by atoms with E-state index in [1.165, 1.54) is 9.21 Å². The van der Waals surface area contributed by atoms with E-state index >= 15 is 0 Å². The molecule has 1 aromatic carbocycles. The lowest BCUT2D eigenvalue weighted by Gasteiger charge is -2.40. The minimum Gasteiger partial charge on any atom is -0.480 e. The molecule has 6 nitrogen and oxygen atoms in total. The molecular weight excluding hydrogens is 521 g/mol. The highest BCUT2D eigenvalue weighted by atomic mass is 127. The smallest absolute Gasteiger partial charge is 0.180 e. The summed E-state index contributed by atoms with van der Waals surface area (Å²) in [5, 5.41) is 4.27. The second-order valence-corrected chi connectivity index (χ2v) is 8.03. The van der Waals surface area contributed by atoms with Gasteiger partial charge in [-0.15, -0.1) is 0 Å². The second kappa shape index (κ2) is 7.39. The van der Waals surface area contributed by atoms with E-state index in [-0.39, 0.29) is 5.60 Å². The summed E-state index contributed by atoms with van der Waals surface area (Å²) in [7, 11) is 1.31. The maximum Gasteiger partial charge on any atom is 0.180 e. The number of nitrogens with zero attached hydrogens (tertiary/aromatic N) is 3. The Kier molecular flexibility index (Phi) is 5.18. The summed E-state index contributed by atoms with van der Waals surface area (Å²) in [4.78, 5) is 4.44. The van der Waals surface area contributed by atoms with E-state index in [9.17, 15) is 0 Å². The van der Waals surface area contributed by atoms with Crippen molar-refractivity contribution in [2.75, 3.05) is 19.8 Å². The molecule has 0 saturated carbocycles.